The predicted molar refractivity (Wildman–Crippen MR) is 136 cm³/mol. The van der Waals surface area contributed by atoms with Gasteiger partial charge in [0.15, 0.2) is 0 Å². The number of pyridine rings is 1. The van der Waals surface area contributed by atoms with Crippen molar-refractivity contribution < 1.29 is 27.5 Å². The second-order valence-electron chi connectivity index (χ2n) is 10.4. The lowest BCUT2D eigenvalue weighted by Gasteiger charge is -2.33. The first-order valence-corrected chi connectivity index (χ1v) is 13.2. The summed E-state index contributed by atoms with van der Waals surface area (Å²) in [4.78, 5) is 19.6. The third-order valence-corrected chi connectivity index (χ3v) is 7.76. The monoisotopic (exact) mass is 529 g/mol. The van der Waals surface area contributed by atoms with E-state index in [1.807, 2.05) is 0 Å². The highest BCUT2D eigenvalue weighted by molar-refractivity contribution is 5.96. The first-order valence-electron chi connectivity index (χ1n) is 13.2. The summed E-state index contributed by atoms with van der Waals surface area (Å²) in [6.07, 6.45) is -0.0942. The Kier molecular flexibility index (Phi) is 7.68. The summed E-state index contributed by atoms with van der Waals surface area (Å²) in [5.41, 5.74) is 1.18. The van der Waals surface area contributed by atoms with Crippen LogP contribution >= 0.6 is 0 Å². The molecule has 0 bridgehead atoms. The smallest absolute Gasteiger partial charge is 0.391 e. The highest BCUT2D eigenvalue weighted by Crippen LogP contribution is 2.33. The zero-order valence-corrected chi connectivity index (χ0v) is 21.0. The zero-order chi connectivity index (χ0) is 26.9. The largest absolute Gasteiger partial charge is 0.416 e. The van der Waals surface area contributed by atoms with Crippen LogP contribution < -0.4 is 5.32 Å². The van der Waals surface area contributed by atoms with Crippen LogP contribution in [-0.4, -0.2) is 46.1 Å². The molecule has 1 amide bonds. The third kappa shape index (κ3) is 5.83. The van der Waals surface area contributed by atoms with Crippen LogP contribution in [0.2, 0.25) is 0 Å². The molecular formula is C29H31F4N3O2. The van der Waals surface area contributed by atoms with Gasteiger partial charge in [-0.05, 0) is 73.5 Å². The molecule has 2 fully saturated rings. The number of amides is 1. The lowest BCUT2D eigenvalue weighted by molar-refractivity contribution is -0.137. The van der Waals surface area contributed by atoms with Crippen molar-refractivity contribution in [3.8, 4) is 0 Å². The molecule has 2 heterocycles. The number of hydrogen-bond donors (Lipinski definition) is 2. The maximum atomic E-state index is 14.8. The van der Waals surface area contributed by atoms with Gasteiger partial charge in [-0.15, -0.1) is 0 Å². The molecule has 1 saturated heterocycles. The second kappa shape index (κ2) is 11.0. The molecule has 1 aliphatic heterocycles. The van der Waals surface area contributed by atoms with Gasteiger partial charge < -0.3 is 10.4 Å². The van der Waals surface area contributed by atoms with Crippen LogP contribution in [0.5, 0.6) is 0 Å². The van der Waals surface area contributed by atoms with Crippen molar-refractivity contribution in [3.05, 3.63) is 76.7 Å². The van der Waals surface area contributed by atoms with Gasteiger partial charge in [0.05, 0.1) is 17.7 Å². The quantitative estimate of drug-likeness (QED) is 0.410. The van der Waals surface area contributed by atoms with Crippen LogP contribution in [0.25, 0.3) is 10.9 Å². The van der Waals surface area contributed by atoms with E-state index in [4.69, 9.17) is 0 Å². The van der Waals surface area contributed by atoms with Crippen molar-refractivity contribution >= 4 is 16.8 Å². The van der Waals surface area contributed by atoms with E-state index in [9.17, 15) is 27.5 Å². The summed E-state index contributed by atoms with van der Waals surface area (Å²) in [7, 11) is 0. The molecule has 0 spiro atoms. The van der Waals surface area contributed by atoms with Gasteiger partial charge in [0, 0.05) is 18.5 Å². The van der Waals surface area contributed by atoms with Gasteiger partial charge in [0.25, 0.3) is 5.91 Å². The third-order valence-electron chi connectivity index (χ3n) is 7.76. The van der Waals surface area contributed by atoms with Gasteiger partial charge in [-0.1, -0.05) is 37.1 Å². The molecule has 5 rings (SSSR count). The Bertz CT molecular complexity index is 1300. The Hall–Kier alpha value is -3.04. The fourth-order valence-corrected chi connectivity index (χ4v) is 5.71. The number of rotatable bonds is 5. The van der Waals surface area contributed by atoms with Gasteiger partial charge in [-0.25, -0.2) is 9.37 Å². The van der Waals surface area contributed by atoms with Gasteiger partial charge >= 0.3 is 6.18 Å². The summed E-state index contributed by atoms with van der Waals surface area (Å²) < 4.78 is 53.7. The first kappa shape index (κ1) is 26.6. The van der Waals surface area contributed by atoms with Crippen LogP contribution in [0.1, 0.15) is 71.6 Å². The summed E-state index contributed by atoms with van der Waals surface area (Å²) in [6.45, 7) is 1.87. The Balaban J connectivity index is 1.37. The topological polar surface area (TPSA) is 65.5 Å². The fourth-order valence-electron chi connectivity index (χ4n) is 5.71. The van der Waals surface area contributed by atoms with Gasteiger partial charge in [0.2, 0.25) is 0 Å². The normalized spacial score (nSPS) is 22.9. The number of nitrogens with zero attached hydrogens (tertiary/aromatic N) is 2. The number of nitrogens with one attached hydrogen (secondary N) is 1. The maximum absolute atomic E-state index is 14.8. The van der Waals surface area contributed by atoms with E-state index in [0.29, 0.717) is 31.3 Å². The average molecular weight is 530 g/mol. The molecular weight excluding hydrogens is 498 g/mol. The van der Waals surface area contributed by atoms with E-state index in [1.165, 1.54) is 6.07 Å². The molecule has 9 heteroatoms. The maximum Gasteiger partial charge on any atom is 0.416 e. The number of fused-ring (bicyclic) bond motifs is 1. The number of piperidine rings is 1. The molecule has 2 aliphatic rings. The number of carbonyl (C=O) groups excluding carboxylic acids is 1. The Labute approximate surface area is 218 Å². The van der Waals surface area contributed by atoms with Crippen molar-refractivity contribution in [2.45, 2.75) is 69.3 Å². The molecule has 3 atom stereocenters. The van der Waals surface area contributed by atoms with Crippen LogP contribution in [0.15, 0.2) is 48.5 Å². The number of hydrogen-bond acceptors (Lipinski definition) is 4. The van der Waals surface area contributed by atoms with Crippen LogP contribution in [0.4, 0.5) is 17.6 Å². The van der Waals surface area contributed by atoms with Crippen LogP contribution in [0, 0.1) is 5.82 Å². The molecule has 2 N–H and O–H groups in total. The van der Waals surface area contributed by atoms with Gasteiger partial charge in [-0.2, -0.15) is 13.2 Å². The number of carbonyl (C=O) groups is 1. The number of aliphatic hydroxyl groups excluding tert-OH is 1. The van der Waals surface area contributed by atoms with Crippen molar-refractivity contribution in [2.75, 3.05) is 13.1 Å². The number of aliphatic hydroxyl groups is 1. The van der Waals surface area contributed by atoms with Gasteiger partial charge in [0.1, 0.15) is 17.0 Å². The Morgan fingerprint density at radius 2 is 1.82 bits per heavy atom. The molecule has 2 aromatic carbocycles. The summed E-state index contributed by atoms with van der Waals surface area (Å²) in [6, 6.07) is 11.4. The van der Waals surface area contributed by atoms with Crippen LogP contribution in [-0.2, 0) is 12.7 Å². The molecule has 0 radical (unpaired) electrons. The van der Waals surface area contributed by atoms with Crippen molar-refractivity contribution in [3.63, 3.8) is 0 Å². The van der Waals surface area contributed by atoms with Crippen LogP contribution in [0.3, 0.4) is 0 Å². The lowest BCUT2D eigenvalue weighted by atomic mass is 9.89. The highest BCUT2D eigenvalue weighted by Gasteiger charge is 2.31. The molecule has 38 heavy (non-hydrogen) atoms. The Morgan fingerprint density at radius 3 is 2.55 bits per heavy atom. The van der Waals surface area contributed by atoms with Crippen molar-refractivity contribution in [1.82, 2.24) is 15.2 Å². The average Bonchev–Trinajstić information content (AvgIpc) is 2.90. The number of aromatic nitrogens is 1. The van der Waals surface area contributed by atoms with E-state index < -0.39 is 29.6 Å². The summed E-state index contributed by atoms with van der Waals surface area (Å²) in [5.74, 6) is -0.882. The number of alkyl halides is 3. The number of likely N-dealkylation sites (tertiary alicyclic amines) is 1. The number of halogens is 4. The number of para-hydroxylation sites is 1. The van der Waals surface area contributed by atoms with Gasteiger partial charge in [-0.3, -0.25) is 9.69 Å². The standard InChI is InChI=1S/C29H31F4N3O2/c30-23-7-3-6-22-20(15-25(34-27(22)23)28(38)35-24-8-1-2-9-26(24)37)17-36-14-4-5-19(16-36)18-10-12-21(13-11-18)29(31,32)33/h3,6-7,10-13,15,19,24,26,37H,1-2,4-5,8-9,14,16-17H2,(H,35,38)/t19?,24-,26-/m0/s1. The van der Waals surface area contributed by atoms with E-state index >= 15 is 0 Å². The molecule has 3 aromatic rings. The lowest BCUT2D eigenvalue weighted by Crippen LogP contribution is -2.45. The molecule has 1 aliphatic carbocycles. The molecule has 1 saturated carbocycles. The van der Waals surface area contributed by atoms with Crippen molar-refractivity contribution in [2.24, 2.45) is 0 Å². The SMILES string of the molecule is O=C(N[C@H]1CCCC[C@@H]1O)c1cc(CN2CCCC(c3ccc(C(F)(F)F)cc3)C2)c2cccc(F)c2n1. The molecule has 1 aromatic heterocycles. The van der Waals surface area contributed by atoms with E-state index in [2.05, 4.69) is 15.2 Å². The van der Waals surface area contributed by atoms with E-state index in [1.54, 1.807) is 30.3 Å². The minimum atomic E-state index is -4.37. The zero-order valence-electron chi connectivity index (χ0n) is 21.0. The minimum Gasteiger partial charge on any atom is -0.391 e. The summed E-state index contributed by atoms with van der Waals surface area (Å²) in [5, 5.41) is 13.8. The highest BCUT2D eigenvalue weighted by atomic mass is 19.4. The predicted octanol–water partition coefficient (Wildman–Crippen LogP) is 5.81. The minimum absolute atomic E-state index is 0.0754. The number of benzene rings is 2. The van der Waals surface area contributed by atoms with Crippen molar-refractivity contribution in [1.29, 1.82) is 0 Å². The molecule has 5 nitrogen and oxygen atoms in total. The second-order valence-corrected chi connectivity index (χ2v) is 10.4. The molecule has 1 unspecified atom stereocenters. The van der Waals surface area contributed by atoms with E-state index in [-0.39, 0.29) is 23.2 Å². The first-order chi connectivity index (χ1) is 18.2. The summed E-state index contributed by atoms with van der Waals surface area (Å²) >= 11 is 0. The molecule has 202 valence electrons. The fraction of sp³-hybridized carbons (Fsp3) is 0.448. The van der Waals surface area contributed by atoms with E-state index in [0.717, 1.165) is 55.5 Å². The Morgan fingerprint density at radius 1 is 1.05 bits per heavy atom.